The summed E-state index contributed by atoms with van der Waals surface area (Å²) in [5, 5.41) is 0. The highest BCUT2D eigenvalue weighted by Crippen LogP contribution is 2.52. The lowest BCUT2D eigenvalue weighted by molar-refractivity contribution is 0.207. The molecule has 0 heterocycles. The molecule has 0 aromatic carbocycles. The second-order valence-corrected chi connectivity index (χ2v) is 5.70. The summed E-state index contributed by atoms with van der Waals surface area (Å²) in [6.07, 6.45) is 13.6. The minimum absolute atomic E-state index is 0.207. The Morgan fingerprint density at radius 3 is 1.50 bits per heavy atom. The van der Waals surface area contributed by atoms with Crippen molar-refractivity contribution in [3.8, 4) is 0 Å². The van der Waals surface area contributed by atoms with Gasteiger partial charge in [-0.3, -0.25) is 0 Å². The summed E-state index contributed by atoms with van der Waals surface area (Å²) in [5.41, 5.74) is 3.38. The highest BCUT2D eigenvalue weighted by molar-refractivity contribution is 5.39. The van der Waals surface area contributed by atoms with Crippen molar-refractivity contribution in [3.63, 3.8) is 0 Å². The average Bonchev–Trinajstić information content (AvgIpc) is 2.74. The third kappa shape index (κ3) is 1.36. The largest absolute Gasteiger partial charge is 0.0742 e. The monoisotopic (exact) mass is 214 g/mol. The van der Waals surface area contributed by atoms with E-state index in [1.807, 2.05) is 0 Å². The van der Waals surface area contributed by atoms with Gasteiger partial charge in [0.1, 0.15) is 0 Å². The highest BCUT2D eigenvalue weighted by Gasteiger charge is 2.43. The molecule has 0 nitrogen and oxygen atoms in total. The van der Waals surface area contributed by atoms with Crippen LogP contribution < -0.4 is 0 Å². The lowest BCUT2D eigenvalue weighted by atomic mass is 9.61. The predicted molar refractivity (Wildman–Crippen MR) is 71.2 cm³/mol. The van der Waals surface area contributed by atoms with E-state index in [4.69, 9.17) is 0 Å². The smallest absolute Gasteiger partial charge is 0.0103 e. The molecule has 86 valence electrons. The molecule has 0 saturated carbocycles. The van der Waals surface area contributed by atoms with Gasteiger partial charge in [0, 0.05) is 10.8 Å². The van der Waals surface area contributed by atoms with Crippen LogP contribution in [0.2, 0.25) is 0 Å². The van der Waals surface area contributed by atoms with E-state index in [1.165, 1.54) is 11.1 Å². The molecule has 0 saturated heterocycles. The van der Waals surface area contributed by atoms with Crippen molar-refractivity contribution in [1.82, 2.24) is 0 Å². The zero-order valence-electron chi connectivity index (χ0n) is 11.0. The first-order chi connectivity index (χ1) is 7.41. The van der Waals surface area contributed by atoms with Gasteiger partial charge in [0.25, 0.3) is 0 Å². The molecule has 2 atom stereocenters. The number of hydrogen-bond acceptors (Lipinski definition) is 0. The molecule has 0 heteroatoms. The van der Waals surface area contributed by atoms with Crippen molar-refractivity contribution in [3.05, 3.63) is 47.6 Å². The summed E-state index contributed by atoms with van der Waals surface area (Å²) in [4.78, 5) is 0. The first-order valence-electron chi connectivity index (χ1n) is 6.14. The van der Waals surface area contributed by atoms with E-state index >= 15 is 0 Å². The molecule has 0 spiro atoms. The Morgan fingerprint density at radius 1 is 0.875 bits per heavy atom. The zero-order valence-corrected chi connectivity index (χ0v) is 11.0. The zero-order chi connectivity index (χ0) is 12.0. The summed E-state index contributed by atoms with van der Waals surface area (Å²) in [6.45, 7) is 11.6. The van der Waals surface area contributed by atoms with E-state index < -0.39 is 0 Å². The van der Waals surface area contributed by atoms with Gasteiger partial charge in [-0.05, 0) is 19.8 Å². The van der Waals surface area contributed by atoms with Crippen molar-refractivity contribution in [1.29, 1.82) is 0 Å². The van der Waals surface area contributed by atoms with Crippen molar-refractivity contribution in [2.45, 2.75) is 34.6 Å². The van der Waals surface area contributed by atoms with Crippen LogP contribution in [0.5, 0.6) is 0 Å². The van der Waals surface area contributed by atoms with Gasteiger partial charge in [-0.1, -0.05) is 68.4 Å². The average molecular weight is 214 g/mol. The molecule has 2 aliphatic carbocycles. The lowest BCUT2D eigenvalue weighted by Crippen LogP contribution is -2.35. The minimum atomic E-state index is 0.207. The molecule has 2 unspecified atom stereocenters. The van der Waals surface area contributed by atoms with Crippen LogP contribution in [0.15, 0.2) is 47.6 Å². The fourth-order valence-corrected chi connectivity index (χ4v) is 3.00. The second-order valence-electron chi connectivity index (χ2n) is 5.70. The van der Waals surface area contributed by atoms with E-state index in [0.29, 0.717) is 5.92 Å². The molecular weight excluding hydrogens is 192 g/mol. The van der Waals surface area contributed by atoms with Crippen LogP contribution in [-0.4, -0.2) is 0 Å². The SMILES string of the molecule is CC1=CC=CC1(C)C(C)C1(C)C=CC=C1C. The van der Waals surface area contributed by atoms with Gasteiger partial charge in [0.05, 0.1) is 0 Å². The lowest BCUT2D eigenvalue weighted by Gasteiger charge is -2.43. The highest BCUT2D eigenvalue weighted by atomic mass is 14.5. The van der Waals surface area contributed by atoms with Crippen molar-refractivity contribution in [2.24, 2.45) is 16.7 Å². The third-order valence-corrected chi connectivity index (χ3v) is 5.08. The second kappa shape index (κ2) is 3.48. The van der Waals surface area contributed by atoms with Gasteiger partial charge < -0.3 is 0 Å². The molecule has 2 aliphatic rings. The standard InChI is InChI=1S/C16H22/c1-12-8-6-10-15(12,4)14(3)16(5)11-7-9-13(16)2/h6-11,14H,1-5H3. The van der Waals surface area contributed by atoms with Gasteiger partial charge in [-0.15, -0.1) is 0 Å². The Hall–Kier alpha value is -1.04. The minimum Gasteiger partial charge on any atom is -0.0742 e. The maximum atomic E-state index is 2.38. The normalized spacial score (nSPS) is 38.8. The summed E-state index contributed by atoms with van der Waals surface area (Å²) in [6, 6.07) is 0. The fraction of sp³-hybridized carbons (Fsp3) is 0.500. The predicted octanol–water partition coefficient (Wildman–Crippen LogP) is 4.67. The van der Waals surface area contributed by atoms with E-state index in [0.717, 1.165) is 0 Å². The van der Waals surface area contributed by atoms with E-state index in [9.17, 15) is 0 Å². The quantitative estimate of drug-likeness (QED) is 0.626. The number of allylic oxidation sites excluding steroid dienone is 8. The molecular formula is C16H22. The molecule has 2 rings (SSSR count). The summed E-state index contributed by atoms with van der Waals surface area (Å²) >= 11 is 0. The summed E-state index contributed by atoms with van der Waals surface area (Å²) < 4.78 is 0. The molecule has 0 aliphatic heterocycles. The van der Waals surface area contributed by atoms with Crippen LogP contribution in [0.1, 0.15) is 34.6 Å². The Balaban J connectivity index is 2.37. The third-order valence-electron chi connectivity index (χ3n) is 5.08. The summed E-state index contributed by atoms with van der Waals surface area (Å²) in [7, 11) is 0. The first kappa shape index (κ1) is 11.4. The van der Waals surface area contributed by atoms with Gasteiger partial charge in [0.2, 0.25) is 0 Å². The van der Waals surface area contributed by atoms with Gasteiger partial charge in [0.15, 0.2) is 0 Å². The molecule has 0 aromatic rings. The van der Waals surface area contributed by atoms with Crippen LogP contribution in [0.4, 0.5) is 0 Å². The molecule has 0 amide bonds. The van der Waals surface area contributed by atoms with Gasteiger partial charge in [-0.2, -0.15) is 0 Å². The Kier molecular flexibility index (Phi) is 2.49. The molecule has 0 aromatic heterocycles. The maximum absolute atomic E-state index is 2.38. The van der Waals surface area contributed by atoms with E-state index in [-0.39, 0.29) is 10.8 Å². The first-order valence-corrected chi connectivity index (χ1v) is 6.14. The topological polar surface area (TPSA) is 0 Å². The Morgan fingerprint density at radius 2 is 1.25 bits per heavy atom. The van der Waals surface area contributed by atoms with Crippen LogP contribution in [0.3, 0.4) is 0 Å². The summed E-state index contributed by atoms with van der Waals surface area (Å²) in [5.74, 6) is 0.588. The van der Waals surface area contributed by atoms with Gasteiger partial charge in [-0.25, -0.2) is 0 Å². The van der Waals surface area contributed by atoms with Crippen LogP contribution in [-0.2, 0) is 0 Å². The maximum Gasteiger partial charge on any atom is 0.0103 e. The van der Waals surface area contributed by atoms with E-state index in [2.05, 4.69) is 71.1 Å². The van der Waals surface area contributed by atoms with Crippen molar-refractivity contribution in [2.75, 3.05) is 0 Å². The Bertz CT molecular complexity index is 379. The van der Waals surface area contributed by atoms with Crippen LogP contribution in [0, 0.1) is 16.7 Å². The number of hydrogen-bond donors (Lipinski definition) is 0. The molecule has 16 heavy (non-hydrogen) atoms. The fourth-order valence-electron chi connectivity index (χ4n) is 3.00. The van der Waals surface area contributed by atoms with Crippen molar-refractivity contribution < 1.29 is 0 Å². The molecule has 0 fully saturated rings. The van der Waals surface area contributed by atoms with Crippen LogP contribution in [0.25, 0.3) is 0 Å². The number of rotatable bonds is 2. The van der Waals surface area contributed by atoms with Crippen LogP contribution >= 0.6 is 0 Å². The van der Waals surface area contributed by atoms with E-state index in [1.54, 1.807) is 0 Å². The Labute approximate surface area is 99.4 Å². The van der Waals surface area contributed by atoms with Gasteiger partial charge >= 0.3 is 0 Å². The molecule has 0 radical (unpaired) electrons. The van der Waals surface area contributed by atoms with Crippen molar-refractivity contribution >= 4 is 0 Å². The molecule has 0 bridgehead atoms. The molecule has 0 N–H and O–H groups in total.